The summed E-state index contributed by atoms with van der Waals surface area (Å²) in [6.45, 7) is 0.311. The number of amides is 2. The van der Waals surface area contributed by atoms with Crippen LogP contribution in [-0.2, 0) is 6.54 Å². The van der Waals surface area contributed by atoms with E-state index in [2.05, 4.69) is 15.6 Å². The van der Waals surface area contributed by atoms with Crippen molar-refractivity contribution in [2.45, 2.75) is 16.3 Å². The van der Waals surface area contributed by atoms with Crippen LogP contribution in [0.25, 0.3) is 10.6 Å². The molecule has 2 amide bonds. The summed E-state index contributed by atoms with van der Waals surface area (Å²) in [5, 5.41) is 16.4. The van der Waals surface area contributed by atoms with Gasteiger partial charge in [0.15, 0.2) is 0 Å². The summed E-state index contributed by atoms with van der Waals surface area (Å²) in [5.74, 6) is -0.425. The lowest BCUT2D eigenvalue weighted by molar-refractivity contribution is 0.0949. The van der Waals surface area contributed by atoms with Crippen LogP contribution in [0.5, 0.6) is 5.75 Å². The molecule has 1 aliphatic rings. The molecule has 0 saturated heterocycles. The van der Waals surface area contributed by atoms with Gasteiger partial charge in [-0.1, -0.05) is 35.5 Å². The predicted molar refractivity (Wildman–Crippen MR) is 130 cm³/mol. The molecule has 0 spiro atoms. The highest BCUT2D eigenvalue weighted by Gasteiger charge is 2.20. The Bertz CT molecular complexity index is 1400. The smallest absolute Gasteiger partial charge is 0.256 e. The van der Waals surface area contributed by atoms with Crippen molar-refractivity contribution in [1.29, 1.82) is 0 Å². The Morgan fingerprint density at radius 3 is 2.79 bits per heavy atom. The van der Waals surface area contributed by atoms with Crippen LogP contribution in [0.3, 0.4) is 0 Å². The number of nitrogens with zero attached hydrogens (tertiary/aromatic N) is 1. The van der Waals surface area contributed by atoms with Gasteiger partial charge in [0.05, 0.1) is 22.8 Å². The maximum atomic E-state index is 12.8. The Kier molecular flexibility index (Phi) is 5.80. The van der Waals surface area contributed by atoms with E-state index in [1.54, 1.807) is 36.5 Å². The van der Waals surface area contributed by atoms with Crippen LogP contribution in [0.2, 0.25) is 5.02 Å². The summed E-state index contributed by atoms with van der Waals surface area (Å²) in [6, 6.07) is 17.6. The maximum Gasteiger partial charge on any atom is 0.256 e. The van der Waals surface area contributed by atoms with E-state index < -0.39 is 0 Å². The number of benzene rings is 3. The fraction of sp³-hybridized carbons (Fsp3) is 0.0417. The summed E-state index contributed by atoms with van der Waals surface area (Å²) >= 11 is 8.90. The van der Waals surface area contributed by atoms with Gasteiger partial charge in [0.2, 0.25) is 0 Å². The molecule has 2 heterocycles. The van der Waals surface area contributed by atoms with Gasteiger partial charge in [0.25, 0.3) is 11.8 Å². The second-order valence-corrected chi connectivity index (χ2v) is 9.85. The number of hydrogen-bond donors (Lipinski definition) is 3. The zero-order valence-electron chi connectivity index (χ0n) is 17.0. The fourth-order valence-electron chi connectivity index (χ4n) is 3.34. The third-order valence-electron chi connectivity index (χ3n) is 5.01. The number of thiazole rings is 1. The third-order valence-corrected chi connectivity index (χ3v) is 7.51. The number of carbonyl (C=O) groups excluding carboxylic acids is 2. The number of rotatable bonds is 4. The van der Waals surface area contributed by atoms with Crippen LogP contribution < -0.4 is 10.6 Å². The summed E-state index contributed by atoms with van der Waals surface area (Å²) in [5.41, 5.74) is 2.47. The maximum absolute atomic E-state index is 12.8. The first-order chi connectivity index (χ1) is 16.0. The predicted octanol–water partition coefficient (Wildman–Crippen LogP) is 5.82. The molecule has 0 atom stereocenters. The van der Waals surface area contributed by atoms with Crippen molar-refractivity contribution in [3.8, 4) is 16.3 Å². The standard InChI is InChI=1S/C24H16ClN3O3S2/c25-17-9-14(5-7-19(17)29)24-27-12-15(32-24)11-26-22(30)13-6-8-21-18(10-13)28-23(31)16-3-1-2-4-20(16)33-21/h1-10,12,29H,11H2,(H,26,30)(H,28,31). The van der Waals surface area contributed by atoms with E-state index in [1.165, 1.54) is 29.2 Å². The average molecular weight is 494 g/mol. The number of aromatic hydroxyl groups is 1. The monoisotopic (exact) mass is 493 g/mol. The molecule has 0 fully saturated rings. The number of phenolic OH excluding ortho intramolecular Hbond substituents is 1. The van der Waals surface area contributed by atoms with Crippen LogP contribution in [0.15, 0.2) is 76.7 Å². The lowest BCUT2D eigenvalue weighted by Crippen LogP contribution is -2.22. The van der Waals surface area contributed by atoms with Gasteiger partial charge in [0.1, 0.15) is 10.8 Å². The molecule has 9 heteroatoms. The van der Waals surface area contributed by atoms with Crippen LogP contribution in [-0.4, -0.2) is 21.9 Å². The van der Waals surface area contributed by atoms with Gasteiger partial charge in [-0.05, 0) is 48.5 Å². The molecule has 1 aromatic heterocycles. The van der Waals surface area contributed by atoms with E-state index in [9.17, 15) is 14.7 Å². The van der Waals surface area contributed by atoms with Gasteiger partial charge in [0, 0.05) is 32.0 Å². The zero-order chi connectivity index (χ0) is 22.9. The molecule has 3 N–H and O–H groups in total. The number of nitrogens with one attached hydrogen (secondary N) is 2. The zero-order valence-corrected chi connectivity index (χ0v) is 19.4. The van der Waals surface area contributed by atoms with Crippen LogP contribution in [0, 0.1) is 0 Å². The number of phenols is 1. The molecule has 0 radical (unpaired) electrons. The first-order valence-electron chi connectivity index (χ1n) is 9.92. The molecule has 0 unspecified atom stereocenters. The highest BCUT2D eigenvalue weighted by atomic mass is 35.5. The first-order valence-corrected chi connectivity index (χ1v) is 11.9. The third kappa shape index (κ3) is 4.45. The number of carbonyl (C=O) groups is 2. The lowest BCUT2D eigenvalue weighted by atomic mass is 10.1. The SMILES string of the molecule is O=C(NCc1cnc(-c2ccc(O)c(Cl)c2)s1)c1ccc2c(c1)NC(=O)c1ccccc1S2. The Morgan fingerprint density at radius 1 is 1.09 bits per heavy atom. The minimum atomic E-state index is -0.249. The van der Waals surface area contributed by atoms with Gasteiger partial charge in [-0.15, -0.1) is 11.3 Å². The molecule has 1 aliphatic heterocycles. The Labute approximate surface area is 202 Å². The molecule has 6 nitrogen and oxygen atoms in total. The number of hydrogen-bond acceptors (Lipinski definition) is 6. The minimum absolute atomic E-state index is 0.0173. The second kappa shape index (κ2) is 8.90. The molecule has 3 aromatic carbocycles. The van der Waals surface area contributed by atoms with E-state index in [0.29, 0.717) is 23.4 Å². The first kappa shape index (κ1) is 21.5. The molecule has 0 bridgehead atoms. The van der Waals surface area contributed by atoms with Crippen molar-refractivity contribution in [1.82, 2.24) is 10.3 Å². The Balaban J connectivity index is 1.29. The van der Waals surface area contributed by atoms with Gasteiger partial charge in [-0.2, -0.15) is 0 Å². The highest BCUT2D eigenvalue weighted by molar-refractivity contribution is 7.99. The highest BCUT2D eigenvalue weighted by Crippen LogP contribution is 2.39. The summed E-state index contributed by atoms with van der Waals surface area (Å²) < 4.78 is 0. The van der Waals surface area contributed by atoms with Crippen LogP contribution in [0.1, 0.15) is 25.6 Å². The van der Waals surface area contributed by atoms with Crippen molar-refractivity contribution in [2.75, 3.05) is 5.32 Å². The molecule has 5 rings (SSSR count). The normalized spacial score (nSPS) is 12.3. The van der Waals surface area contributed by atoms with Crippen molar-refractivity contribution in [3.05, 3.63) is 87.9 Å². The van der Waals surface area contributed by atoms with Gasteiger partial charge >= 0.3 is 0 Å². The summed E-state index contributed by atoms with van der Waals surface area (Å²) in [7, 11) is 0. The largest absolute Gasteiger partial charge is 0.506 e. The van der Waals surface area contributed by atoms with Crippen LogP contribution in [0.4, 0.5) is 5.69 Å². The van der Waals surface area contributed by atoms with Crippen molar-refractivity contribution < 1.29 is 14.7 Å². The topological polar surface area (TPSA) is 91.3 Å². The van der Waals surface area contributed by atoms with Crippen molar-refractivity contribution >= 4 is 52.2 Å². The number of fused-ring (bicyclic) bond motifs is 2. The minimum Gasteiger partial charge on any atom is -0.506 e. The van der Waals surface area contributed by atoms with Crippen molar-refractivity contribution in [2.24, 2.45) is 0 Å². The van der Waals surface area contributed by atoms with E-state index >= 15 is 0 Å². The number of aromatic nitrogens is 1. The molecule has 164 valence electrons. The lowest BCUT2D eigenvalue weighted by Gasteiger charge is -2.09. The van der Waals surface area contributed by atoms with E-state index in [4.69, 9.17) is 11.6 Å². The quantitative estimate of drug-likeness (QED) is 0.333. The molecule has 0 saturated carbocycles. The van der Waals surface area contributed by atoms with Crippen molar-refractivity contribution in [3.63, 3.8) is 0 Å². The van der Waals surface area contributed by atoms with Gasteiger partial charge < -0.3 is 15.7 Å². The molecular weight excluding hydrogens is 478 g/mol. The van der Waals surface area contributed by atoms with Gasteiger partial charge in [-0.3, -0.25) is 9.59 Å². The van der Waals surface area contributed by atoms with E-state index in [0.717, 1.165) is 25.2 Å². The Hall–Kier alpha value is -3.33. The second-order valence-electron chi connectivity index (χ2n) is 7.24. The average Bonchev–Trinajstić information content (AvgIpc) is 3.24. The Morgan fingerprint density at radius 2 is 1.94 bits per heavy atom. The molecule has 4 aromatic rings. The molecule has 33 heavy (non-hydrogen) atoms. The fourth-order valence-corrected chi connectivity index (χ4v) is 5.38. The number of halogens is 1. The van der Waals surface area contributed by atoms with Crippen LogP contribution >= 0.6 is 34.7 Å². The summed E-state index contributed by atoms with van der Waals surface area (Å²) in [4.78, 5) is 32.3. The van der Waals surface area contributed by atoms with E-state index in [1.807, 2.05) is 24.3 Å². The molecular formula is C24H16ClN3O3S2. The molecule has 0 aliphatic carbocycles. The van der Waals surface area contributed by atoms with E-state index in [-0.39, 0.29) is 22.6 Å². The summed E-state index contributed by atoms with van der Waals surface area (Å²) in [6.07, 6.45) is 1.70. The van der Waals surface area contributed by atoms with Gasteiger partial charge in [-0.25, -0.2) is 4.98 Å². The number of anilines is 1.